The molecule has 106 valence electrons. The summed E-state index contributed by atoms with van der Waals surface area (Å²) in [5.74, 6) is 1.69. The Morgan fingerprint density at radius 3 is 2.68 bits per heavy atom. The average molecular weight is 284 g/mol. The van der Waals surface area contributed by atoms with Crippen LogP contribution in [0.25, 0.3) is 0 Å². The lowest BCUT2D eigenvalue weighted by Gasteiger charge is -2.64. The van der Waals surface area contributed by atoms with Gasteiger partial charge in [0.05, 0.1) is 17.6 Å². The molecule has 5 heteroatoms. The van der Waals surface area contributed by atoms with E-state index in [0.717, 1.165) is 31.7 Å². The molecule has 0 aromatic heterocycles. The van der Waals surface area contributed by atoms with Crippen molar-refractivity contribution < 1.29 is 9.31 Å². The molecule has 1 unspecified atom stereocenters. The molecule has 5 atom stereocenters. The second-order valence-electron chi connectivity index (χ2n) is 7.67. The van der Waals surface area contributed by atoms with Crippen LogP contribution in [0.3, 0.4) is 0 Å². The van der Waals surface area contributed by atoms with E-state index < -0.39 is 0 Å². The summed E-state index contributed by atoms with van der Waals surface area (Å²) in [5, 5.41) is 0. The van der Waals surface area contributed by atoms with E-state index in [1.54, 1.807) is 0 Å². The Balaban J connectivity index is 1.57. The summed E-state index contributed by atoms with van der Waals surface area (Å²) in [6.45, 7) is 8.02. The zero-order valence-electron chi connectivity index (χ0n) is 12.1. The Labute approximate surface area is 121 Å². The van der Waals surface area contributed by atoms with Crippen LogP contribution in [0.1, 0.15) is 46.5 Å². The fraction of sp³-hybridized carbons (Fsp3) is 1.00. The van der Waals surface area contributed by atoms with Gasteiger partial charge in [0.15, 0.2) is 0 Å². The highest BCUT2D eigenvalue weighted by molar-refractivity contribution is 6.48. The molecule has 0 aromatic carbocycles. The minimum atomic E-state index is -0.120. The third kappa shape index (κ3) is 1.58. The Morgan fingerprint density at radius 2 is 2.05 bits per heavy atom. The van der Waals surface area contributed by atoms with Crippen molar-refractivity contribution in [3.63, 3.8) is 0 Å². The van der Waals surface area contributed by atoms with Crippen molar-refractivity contribution >= 4 is 18.9 Å². The molecule has 3 saturated carbocycles. The van der Waals surface area contributed by atoms with Crippen LogP contribution < -0.4 is 0 Å². The second kappa shape index (κ2) is 3.91. The van der Waals surface area contributed by atoms with Crippen LogP contribution in [0.15, 0.2) is 0 Å². The molecule has 2 aliphatic heterocycles. The molecule has 0 N–H and O–H groups in total. The predicted octanol–water partition coefficient (Wildman–Crippen LogP) is 2.87. The van der Waals surface area contributed by atoms with Crippen molar-refractivity contribution in [2.45, 2.75) is 64.1 Å². The minimum absolute atomic E-state index is 0.0940. The van der Waals surface area contributed by atoms with E-state index in [4.69, 9.17) is 21.1 Å². The van der Waals surface area contributed by atoms with Crippen LogP contribution in [0.4, 0.5) is 0 Å². The van der Waals surface area contributed by atoms with Gasteiger partial charge in [0, 0.05) is 6.54 Å². The topological polar surface area (TPSA) is 21.7 Å². The molecule has 0 aromatic rings. The maximum Gasteiger partial charge on any atom is 0.477 e. The summed E-state index contributed by atoms with van der Waals surface area (Å²) in [6.07, 6.45) is 4.99. The molecule has 2 heterocycles. The number of hydrogen-bond donors (Lipinski definition) is 0. The fourth-order valence-electron chi connectivity index (χ4n) is 5.09. The predicted molar refractivity (Wildman–Crippen MR) is 75.7 cm³/mol. The number of nitrogens with zero attached hydrogens (tertiary/aromatic N) is 1. The maximum absolute atomic E-state index is 6.44. The lowest BCUT2D eigenvalue weighted by Crippen LogP contribution is -2.65. The average Bonchev–Trinajstić information content (AvgIpc) is 2.90. The van der Waals surface area contributed by atoms with E-state index in [9.17, 15) is 0 Å². The highest BCUT2D eigenvalue weighted by atomic mass is 35.5. The van der Waals surface area contributed by atoms with Crippen LogP contribution in [0.2, 0.25) is 0 Å². The number of hydrogen-bond acceptors (Lipinski definition) is 3. The molecule has 0 amide bonds. The van der Waals surface area contributed by atoms with Gasteiger partial charge in [0.2, 0.25) is 0 Å². The first kappa shape index (κ1) is 12.9. The van der Waals surface area contributed by atoms with Gasteiger partial charge in [0.25, 0.3) is 0 Å². The number of halogens is 1. The fourth-order valence-corrected chi connectivity index (χ4v) is 5.40. The van der Waals surface area contributed by atoms with Crippen molar-refractivity contribution in [3.05, 3.63) is 0 Å². The summed E-state index contributed by atoms with van der Waals surface area (Å²) in [4.78, 5) is 0. The molecule has 5 fully saturated rings. The van der Waals surface area contributed by atoms with Crippen LogP contribution in [-0.4, -0.2) is 35.7 Å². The lowest BCUT2D eigenvalue weighted by molar-refractivity contribution is -0.199. The molecule has 5 rings (SSSR count). The Bertz CT molecular complexity index is 407. The third-order valence-corrected chi connectivity index (χ3v) is 6.93. The molecule has 0 radical (unpaired) electrons. The normalized spacial score (nSPS) is 52.1. The first-order chi connectivity index (χ1) is 8.93. The summed E-state index contributed by atoms with van der Waals surface area (Å²) in [7, 11) is -0.120. The number of rotatable bonds is 1. The summed E-state index contributed by atoms with van der Waals surface area (Å²) >= 11 is 6.28. The minimum Gasteiger partial charge on any atom is -0.404 e. The standard InChI is InChI=1S/C14H23BClNO2/c1-13(2)9-7-10(13)14(3)11(8-9)18-15(19-14)12-5-4-6-17(12)16/h9-12H,4-8H2,1-3H3/t9?,10-,11-,12+,14+/m1/s1. The molecule has 5 aliphatic rings. The second-order valence-corrected chi connectivity index (χ2v) is 8.10. The van der Waals surface area contributed by atoms with Gasteiger partial charge in [-0.1, -0.05) is 13.8 Å². The third-order valence-electron chi connectivity index (χ3n) is 6.51. The van der Waals surface area contributed by atoms with Crippen molar-refractivity contribution in [1.82, 2.24) is 4.42 Å². The van der Waals surface area contributed by atoms with Gasteiger partial charge in [-0.25, -0.2) is 4.42 Å². The maximum atomic E-state index is 6.44. The summed E-state index contributed by atoms with van der Waals surface area (Å²) in [5.41, 5.74) is 0.322. The van der Waals surface area contributed by atoms with Crippen LogP contribution >= 0.6 is 11.8 Å². The first-order valence-corrected chi connectivity index (χ1v) is 8.02. The molecule has 3 nitrogen and oxygen atoms in total. The van der Waals surface area contributed by atoms with Crippen molar-refractivity contribution in [2.75, 3.05) is 6.54 Å². The van der Waals surface area contributed by atoms with Gasteiger partial charge < -0.3 is 9.31 Å². The van der Waals surface area contributed by atoms with Crippen molar-refractivity contribution in [1.29, 1.82) is 0 Å². The molecular weight excluding hydrogens is 260 g/mol. The monoisotopic (exact) mass is 283 g/mol. The lowest BCUT2D eigenvalue weighted by atomic mass is 9.43. The molecule has 2 saturated heterocycles. The van der Waals surface area contributed by atoms with E-state index in [1.165, 1.54) is 6.42 Å². The Kier molecular flexibility index (Phi) is 2.66. The van der Waals surface area contributed by atoms with Gasteiger partial charge in [-0.15, -0.1) is 0 Å². The summed E-state index contributed by atoms with van der Waals surface area (Å²) in [6, 6.07) is 0. The van der Waals surface area contributed by atoms with E-state index in [2.05, 4.69) is 20.8 Å². The van der Waals surface area contributed by atoms with Gasteiger partial charge in [-0.2, -0.15) is 0 Å². The van der Waals surface area contributed by atoms with Gasteiger partial charge in [-0.3, -0.25) is 0 Å². The Hall–Kier alpha value is 0.235. The van der Waals surface area contributed by atoms with Crippen LogP contribution in [0, 0.1) is 17.3 Å². The summed E-state index contributed by atoms with van der Waals surface area (Å²) < 4.78 is 14.6. The Morgan fingerprint density at radius 1 is 1.26 bits per heavy atom. The molecule has 3 aliphatic carbocycles. The van der Waals surface area contributed by atoms with Crippen molar-refractivity contribution in [2.24, 2.45) is 17.3 Å². The SMILES string of the molecule is CC1(C)C2C[C@H]1[C@]1(C)OB([C@@H]3CCCN3Cl)O[C@@H]1C2. The smallest absolute Gasteiger partial charge is 0.404 e. The molecule has 19 heavy (non-hydrogen) atoms. The van der Waals surface area contributed by atoms with Crippen molar-refractivity contribution in [3.8, 4) is 0 Å². The molecular formula is C14H23BClNO2. The van der Waals surface area contributed by atoms with E-state index in [-0.39, 0.29) is 24.8 Å². The quantitative estimate of drug-likeness (QED) is 0.546. The zero-order valence-corrected chi connectivity index (χ0v) is 12.8. The van der Waals surface area contributed by atoms with Gasteiger partial charge in [0.1, 0.15) is 0 Å². The van der Waals surface area contributed by atoms with Gasteiger partial charge in [-0.05, 0) is 61.6 Å². The van der Waals surface area contributed by atoms with E-state index >= 15 is 0 Å². The highest BCUT2D eigenvalue weighted by Crippen LogP contribution is 2.65. The van der Waals surface area contributed by atoms with Gasteiger partial charge >= 0.3 is 7.12 Å². The van der Waals surface area contributed by atoms with Crippen LogP contribution in [-0.2, 0) is 9.31 Å². The molecule has 2 bridgehead atoms. The largest absolute Gasteiger partial charge is 0.477 e. The molecule has 0 spiro atoms. The van der Waals surface area contributed by atoms with E-state index in [1.807, 2.05) is 4.42 Å². The highest BCUT2D eigenvalue weighted by Gasteiger charge is 2.68. The van der Waals surface area contributed by atoms with E-state index in [0.29, 0.717) is 11.3 Å². The first-order valence-electron chi connectivity index (χ1n) is 7.68. The van der Waals surface area contributed by atoms with Crippen LogP contribution in [0.5, 0.6) is 0 Å². The zero-order chi connectivity index (χ0) is 13.4.